The van der Waals surface area contributed by atoms with Crippen LogP contribution in [-0.4, -0.2) is 25.1 Å². The number of carbonyl (C=O) groups is 1. The van der Waals surface area contributed by atoms with Gasteiger partial charge in [-0.25, -0.2) is 14.2 Å². The number of aliphatic imine (C=N–C) groups is 1. The molecular weight excluding hydrogens is 349 g/mol. The molecule has 136 valence electrons. The summed E-state index contributed by atoms with van der Waals surface area (Å²) in [5.74, 6) is 2.59. The number of cyclic esters (lactones) is 1. The van der Waals surface area contributed by atoms with Crippen LogP contribution in [0.3, 0.4) is 0 Å². The van der Waals surface area contributed by atoms with Crippen LogP contribution in [0, 0.1) is 18.2 Å². The Kier molecular flexibility index (Phi) is 5.53. The number of halogens is 1. The van der Waals surface area contributed by atoms with E-state index in [1.807, 2.05) is 6.92 Å². The number of rotatable bonds is 6. The molecule has 1 heterocycles. The van der Waals surface area contributed by atoms with E-state index >= 15 is 0 Å². The van der Waals surface area contributed by atoms with E-state index in [0.29, 0.717) is 29.2 Å². The maximum absolute atomic E-state index is 13.0. The van der Waals surface area contributed by atoms with Gasteiger partial charge in [-0.2, -0.15) is 0 Å². The summed E-state index contributed by atoms with van der Waals surface area (Å²) in [6, 6.07) is 10.7. The van der Waals surface area contributed by atoms with Gasteiger partial charge < -0.3 is 14.2 Å². The van der Waals surface area contributed by atoms with Gasteiger partial charge in [0, 0.05) is 5.56 Å². The number of hydrogen-bond acceptors (Lipinski definition) is 5. The number of terminal acetylenes is 1. The Morgan fingerprint density at radius 2 is 1.96 bits per heavy atom. The fourth-order valence-electron chi connectivity index (χ4n) is 2.40. The van der Waals surface area contributed by atoms with Crippen molar-refractivity contribution in [2.24, 2.45) is 4.99 Å². The summed E-state index contributed by atoms with van der Waals surface area (Å²) >= 11 is 0. The van der Waals surface area contributed by atoms with Crippen LogP contribution < -0.4 is 9.47 Å². The van der Waals surface area contributed by atoms with E-state index in [2.05, 4.69) is 10.9 Å². The largest absolute Gasteiger partial charge is 0.490 e. The molecule has 5 nitrogen and oxygen atoms in total. The molecule has 0 bridgehead atoms. The quantitative estimate of drug-likeness (QED) is 0.446. The summed E-state index contributed by atoms with van der Waals surface area (Å²) in [6.45, 7) is 2.42. The highest BCUT2D eigenvalue weighted by Gasteiger charge is 2.24. The number of nitrogens with zero attached hydrogens (tertiary/aromatic N) is 1. The number of esters is 1. The van der Waals surface area contributed by atoms with Crippen molar-refractivity contribution >= 4 is 17.9 Å². The predicted octanol–water partition coefficient (Wildman–Crippen LogP) is 3.58. The summed E-state index contributed by atoms with van der Waals surface area (Å²) in [7, 11) is 0. The van der Waals surface area contributed by atoms with E-state index < -0.39 is 5.97 Å². The summed E-state index contributed by atoms with van der Waals surface area (Å²) in [6.07, 6.45) is 6.79. The monoisotopic (exact) mass is 365 g/mol. The molecule has 0 unspecified atom stereocenters. The third-order valence-corrected chi connectivity index (χ3v) is 3.59. The average Bonchev–Trinajstić information content (AvgIpc) is 3.02. The van der Waals surface area contributed by atoms with Crippen molar-refractivity contribution in [2.75, 3.05) is 13.2 Å². The normalized spacial score (nSPS) is 14.5. The van der Waals surface area contributed by atoms with Crippen molar-refractivity contribution in [3.8, 4) is 23.8 Å². The first-order valence-electron chi connectivity index (χ1n) is 8.22. The van der Waals surface area contributed by atoms with Crippen LogP contribution in [0.15, 0.2) is 53.2 Å². The molecule has 0 N–H and O–H groups in total. The molecule has 0 atom stereocenters. The number of benzene rings is 2. The van der Waals surface area contributed by atoms with E-state index in [1.165, 1.54) is 24.3 Å². The van der Waals surface area contributed by atoms with Crippen LogP contribution in [0.4, 0.5) is 4.39 Å². The third kappa shape index (κ3) is 4.33. The zero-order valence-corrected chi connectivity index (χ0v) is 14.6. The van der Waals surface area contributed by atoms with Crippen LogP contribution in [0.1, 0.15) is 18.1 Å². The molecule has 0 aromatic heterocycles. The number of ether oxygens (including phenoxy) is 3. The highest BCUT2D eigenvalue weighted by molar-refractivity contribution is 6.12. The highest BCUT2D eigenvalue weighted by atomic mass is 19.1. The van der Waals surface area contributed by atoms with E-state index in [1.54, 1.807) is 24.3 Å². The molecule has 0 spiro atoms. The van der Waals surface area contributed by atoms with Crippen molar-refractivity contribution in [2.45, 2.75) is 6.92 Å². The Hall–Kier alpha value is -3.59. The van der Waals surface area contributed by atoms with Crippen molar-refractivity contribution in [3.05, 3.63) is 65.1 Å². The molecule has 27 heavy (non-hydrogen) atoms. The summed E-state index contributed by atoms with van der Waals surface area (Å²) < 4.78 is 29.2. The van der Waals surface area contributed by atoms with E-state index in [9.17, 15) is 9.18 Å². The van der Waals surface area contributed by atoms with Crippen molar-refractivity contribution < 1.29 is 23.4 Å². The van der Waals surface area contributed by atoms with Gasteiger partial charge in [0.15, 0.2) is 17.2 Å². The van der Waals surface area contributed by atoms with Gasteiger partial charge in [-0.15, -0.1) is 6.42 Å². The fraction of sp³-hybridized carbons (Fsp3) is 0.143. The second kappa shape index (κ2) is 8.19. The van der Waals surface area contributed by atoms with Gasteiger partial charge in [-0.3, -0.25) is 0 Å². The molecule has 1 aliphatic rings. The van der Waals surface area contributed by atoms with Crippen molar-refractivity contribution in [3.63, 3.8) is 0 Å². The zero-order chi connectivity index (χ0) is 19.2. The second-order valence-electron chi connectivity index (χ2n) is 5.47. The van der Waals surface area contributed by atoms with Crippen LogP contribution in [0.25, 0.3) is 6.08 Å². The molecule has 0 fully saturated rings. The molecule has 2 aromatic carbocycles. The Bertz CT molecular complexity index is 955. The first-order valence-corrected chi connectivity index (χ1v) is 8.22. The lowest BCUT2D eigenvalue weighted by Gasteiger charge is -2.10. The Balaban J connectivity index is 1.88. The summed E-state index contributed by atoms with van der Waals surface area (Å²) in [5.41, 5.74) is 1.33. The summed E-state index contributed by atoms with van der Waals surface area (Å²) in [5, 5.41) is 0. The first-order chi connectivity index (χ1) is 13.1. The second-order valence-corrected chi connectivity index (χ2v) is 5.47. The van der Waals surface area contributed by atoms with Gasteiger partial charge in [0.25, 0.3) is 0 Å². The molecule has 1 aliphatic heterocycles. The topological polar surface area (TPSA) is 57.1 Å². The van der Waals surface area contributed by atoms with Gasteiger partial charge in [0.2, 0.25) is 5.90 Å². The van der Waals surface area contributed by atoms with Crippen LogP contribution in [0.2, 0.25) is 0 Å². The fourth-order valence-corrected chi connectivity index (χ4v) is 2.40. The molecule has 2 aromatic rings. The minimum atomic E-state index is -0.583. The number of hydrogen-bond donors (Lipinski definition) is 0. The smallest absolute Gasteiger partial charge is 0.363 e. The molecule has 0 aliphatic carbocycles. The molecular formula is C21H16FNO4. The minimum Gasteiger partial charge on any atom is -0.490 e. The molecule has 0 saturated carbocycles. The van der Waals surface area contributed by atoms with E-state index in [0.717, 1.165) is 0 Å². The minimum absolute atomic E-state index is 0.123. The Morgan fingerprint density at radius 3 is 2.67 bits per heavy atom. The van der Waals surface area contributed by atoms with Crippen LogP contribution in [-0.2, 0) is 9.53 Å². The molecule has 6 heteroatoms. The van der Waals surface area contributed by atoms with Crippen molar-refractivity contribution in [1.82, 2.24) is 0 Å². The van der Waals surface area contributed by atoms with Crippen LogP contribution in [0.5, 0.6) is 11.5 Å². The molecule has 3 rings (SSSR count). The van der Waals surface area contributed by atoms with Crippen molar-refractivity contribution in [1.29, 1.82) is 0 Å². The van der Waals surface area contributed by atoms with E-state index in [4.69, 9.17) is 20.6 Å². The third-order valence-electron chi connectivity index (χ3n) is 3.59. The summed E-state index contributed by atoms with van der Waals surface area (Å²) in [4.78, 5) is 16.3. The van der Waals surface area contributed by atoms with Gasteiger partial charge in [-0.1, -0.05) is 12.0 Å². The average molecular weight is 365 g/mol. The van der Waals surface area contributed by atoms with Gasteiger partial charge in [-0.05, 0) is 55.0 Å². The predicted molar refractivity (Wildman–Crippen MR) is 98.9 cm³/mol. The Morgan fingerprint density at radius 1 is 1.19 bits per heavy atom. The maximum atomic E-state index is 13.0. The lowest BCUT2D eigenvalue weighted by atomic mass is 10.1. The Labute approximate surface area is 156 Å². The lowest BCUT2D eigenvalue weighted by molar-refractivity contribution is -0.129. The SMILES string of the molecule is C#CCOc1ccc(/C=C2/N=C(c3ccc(F)cc3)OC2=O)cc1OCC. The molecule has 0 saturated heterocycles. The highest BCUT2D eigenvalue weighted by Crippen LogP contribution is 2.30. The van der Waals surface area contributed by atoms with Gasteiger partial charge in [0.1, 0.15) is 12.4 Å². The standard InChI is InChI=1S/C21H16FNO4/c1-3-11-26-18-10-5-14(13-19(18)25-4-2)12-17-21(24)27-20(23-17)15-6-8-16(22)9-7-15/h1,5-10,12-13H,4,11H2,2H3/b17-12+. The molecule has 0 radical (unpaired) electrons. The van der Waals surface area contributed by atoms with E-state index in [-0.39, 0.29) is 24.0 Å². The molecule has 0 amide bonds. The van der Waals surface area contributed by atoms with Gasteiger partial charge >= 0.3 is 5.97 Å². The maximum Gasteiger partial charge on any atom is 0.363 e. The van der Waals surface area contributed by atoms with Crippen LogP contribution >= 0.6 is 0 Å². The lowest BCUT2D eigenvalue weighted by Crippen LogP contribution is -2.05. The zero-order valence-electron chi connectivity index (χ0n) is 14.6. The first kappa shape index (κ1) is 18.2. The van der Waals surface area contributed by atoms with Gasteiger partial charge in [0.05, 0.1) is 6.61 Å². The number of carbonyl (C=O) groups excluding carboxylic acids is 1.